The fraction of sp³-hybridized carbons (Fsp3) is 0.474. The Morgan fingerprint density at radius 2 is 1.87 bits per heavy atom. The van der Waals surface area contributed by atoms with E-state index in [2.05, 4.69) is 45.2 Å². The second kappa shape index (κ2) is 8.18. The van der Waals surface area contributed by atoms with E-state index in [0.29, 0.717) is 12.5 Å². The third-order valence-corrected chi connectivity index (χ3v) is 4.53. The molecule has 0 bridgehead atoms. The lowest BCUT2D eigenvalue weighted by Gasteiger charge is -2.20. The lowest BCUT2D eigenvalue weighted by molar-refractivity contribution is 0.177. The Morgan fingerprint density at radius 1 is 1.09 bits per heavy atom. The van der Waals surface area contributed by atoms with Crippen molar-refractivity contribution in [1.29, 1.82) is 0 Å². The van der Waals surface area contributed by atoms with Crippen molar-refractivity contribution in [1.82, 2.24) is 14.9 Å². The standard InChI is InChI=1S/C19H25N3O/c1-23-15-19-20-12-16(13-21-19)14-22-10-5-8-18(9-11-22)17-6-3-2-4-7-17/h2-4,6-7,12-13,18H,5,8-11,14-15H2,1H3/t18-/m0/s1. The van der Waals surface area contributed by atoms with Crippen molar-refractivity contribution < 1.29 is 4.74 Å². The summed E-state index contributed by atoms with van der Waals surface area (Å²) in [7, 11) is 1.66. The Kier molecular flexibility index (Phi) is 5.72. The van der Waals surface area contributed by atoms with Crippen molar-refractivity contribution in [3.63, 3.8) is 0 Å². The fourth-order valence-corrected chi connectivity index (χ4v) is 3.30. The van der Waals surface area contributed by atoms with Crippen LogP contribution >= 0.6 is 0 Å². The van der Waals surface area contributed by atoms with Gasteiger partial charge in [-0.15, -0.1) is 0 Å². The Bertz CT molecular complexity index is 585. The Hall–Kier alpha value is -1.78. The van der Waals surface area contributed by atoms with Crippen LogP contribution in [0.3, 0.4) is 0 Å². The summed E-state index contributed by atoms with van der Waals surface area (Å²) in [5.74, 6) is 1.44. The highest BCUT2D eigenvalue weighted by Gasteiger charge is 2.18. The van der Waals surface area contributed by atoms with Gasteiger partial charge in [-0.3, -0.25) is 4.90 Å². The fourth-order valence-electron chi connectivity index (χ4n) is 3.30. The van der Waals surface area contributed by atoms with Crippen molar-refractivity contribution in [2.45, 2.75) is 38.3 Å². The van der Waals surface area contributed by atoms with E-state index in [4.69, 9.17) is 4.74 Å². The molecule has 0 aliphatic carbocycles. The number of nitrogens with zero attached hydrogens (tertiary/aromatic N) is 3. The molecule has 1 aliphatic heterocycles. The lowest BCUT2D eigenvalue weighted by Crippen LogP contribution is -2.24. The molecule has 0 saturated carbocycles. The molecule has 0 N–H and O–H groups in total. The maximum absolute atomic E-state index is 5.05. The van der Waals surface area contributed by atoms with Gasteiger partial charge in [0.25, 0.3) is 0 Å². The summed E-state index contributed by atoms with van der Waals surface area (Å²) in [4.78, 5) is 11.2. The number of ether oxygens (including phenoxy) is 1. The summed E-state index contributed by atoms with van der Waals surface area (Å²) in [6, 6.07) is 10.9. The minimum absolute atomic E-state index is 0.475. The zero-order chi connectivity index (χ0) is 15.9. The highest BCUT2D eigenvalue weighted by atomic mass is 16.5. The maximum atomic E-state index is 5.05. The molecule has 1 saturated heterocycles. The second-order valence-electron chi connectivity index (χ2n) is 6.26. The smallest absolute Gasteiger partial charge is 0.153 e. The number of rotatable bonds is 5. The maximum Gasteiger partial charge on any atom is 0.153 e. The number of hydrogen-bond donors (Lipinski definition) is 0. The van der Waals surface area contributed by atoms with Crippen LogP contribution in [0.5, 0.6) is 0 Å². The Morgan fingerprint density at radius 3 is 2.61 bits per heavy atom. The summed E-state index contributed by atoms with van der Waals surface area (Å²) < 4.78 is 5.05. The average molecular weight is 311 g/mol. The van der Waals surface area contributed by atoms with E-state index in [1.165, 1.54) is 30.4 Å². The minimum Gasteiger partial charge on any atom is -0.377 e. The molecular formula is C19H25N3O. The van der Waals surface area contributed by atoms with Gasteiger partial charge in [-0.25, -0.2) is 9.97 Å². The molecule has 122 valence electrons. The topological polar surface area (TPSA) is 38.2 Å². The summed E-state index contributed by atoms with van der Waals surface area (Å²) in [6.07, 6.45) is 7.63. The second-order valence-corrected chi connectivity index (χ2v) is 6.26. The first-order chi connectivity index (χ1) is 11.3. The van der Waals surface area contributed by atoms with Crippen LogP contribution in [0.1, 0.15) is 42.1 Å². The van der Waals surface area contributed by atoms with Gasteiger partial charge in [0.15, 0.2) is 5.82 Å². The van der Waals surface area contributed by atoms with Gasteiger partial charge in [-0.05, 0) is 43.8 Å². The Labute approximate surface area is 138 Å². The number of methoxy groups -OCH3 is 1. The van der Waals surface area contributed by atoms with Crippen LogP contribution in [0.4, 0.5) is 0 Å². The van der Waals surface area contributed by atoms with Crippen LogP contribution in [0, 0.1) is 0 Å². The van der Waals surface area contributed by atoms with Gasteiger partial charge in [-0.1, -0.05) is 30.3 Å². The molecular weight excluding hydrogens is 286 g/mol. The number of hydrogen-bond acceptors (Lipinski definition) is 4. The molecule has 2 aromatic rings. The molecule has 1 aromatic heterocycles. The molecule has 0 unspecified atom stereocenters. The predicted molar refractivity (Wildman–Crippen MR) is 91.1 cm³/mol. The van der Waals surface area contributed by atoms with Gasteiger partial charge in [0.05, 0.1) is 0 Å². The molecule has 0 amide bonds. The van der Waals surface area contributed by atoms with Crippen LogP contribution in [-0.4, -0.2) is 35.1 Å². The van der Waals surface area contributed by atoms with Crippen LogP contribution in [-0.2, 0) is 17.9 Å². The van der Waals surface area contributed by atoms with E-state index < -0.39 is 0 Å². The SMILES string of the molecule is COCc1ncc(CN2CCC[C@H](c3ccccc3)CC2)cn1. The van der Waals surface area contributed by atoms with Gasteiger partial charge < -0.3 is 4.74 Å². The van der Waals surface area contributed by atoms with E-state index in [1.807, 2.05) is 12.4 Å². The average Bonchev–Trinajstić information content (AvgIpc) is 2.83. The van der Waals surface area contributed by atoms with Gasteiger partial charge >= 0.3 is 0 Å². The molecule has 4 heteroatoms. The molecule has 23 heavy (non-hydrogen) atoms. The summed E-state index contributed by atoms with van der Waals surface area (Å²) in [6.45, 7) is 3.71. The normalized spacial score (nSPS) is 19.4. The first kappa shape index (κ1) is 16.1. The first-order valence-corrected chi connectivity index (χ1v) is 8.41. The van der Waals surface area contributed by atoms with Gasteiger partial charge in [-0.2, -0.15) is 0 Å². The summed E-state index contributed by atoms with van der Waals surface area (Å²) in [5.41, 5.74) is 2.67. The molecule has 2 heterocycles. The molecule has 1 fully saturated rings. The number of aromatic nitrogens is 2. The number of benzene rings is 1. The lowest BCUT2D eigenvalue weighted by atomic mass is 9.92. The van der Waals surface area contributed by atoms with Crippen LogP contribution < -0.4 is 0 Å². The van der Waals surface area contributed by atoms with Crippen molar-refractivity contribution in [2.24, 2.45) is 0 Å². The minimum atomic E-state index is 0.475. The highest BCUT2D eigenvalue weighted by molar-refractivity contribution is 5.19. The molecule has 1 aromatic carbocycles. The van der Waals surface area contributed by atoms with E-state index in [9.17, 15) is 0 Å². The quantitative estimate of drug-likeness (QED) is 0.848. The number of likely N-dealkylation sites (tertiary alicyclic amines) is 1. The van der Waals surface area contributed by atoms with Crippen molar-refractivity contribution >= 4 is 0 Å². The third-order valence-electron chi connectivity index (χ3n) is 4.53. The van der Waals surface area contributed by atoms with Crippen LogP contribution in [0.2, 0.25) is 0 Å². The zero-order valence-corrected chi connectivity index (χ0v) is 13.8. The van der Waals surface area contributed by atoms with Crippen molar-refractivity contribution in [3.8, 4) is 0 Å². The van der Waals surface area contributed by atoms with Crippen molar-refractivity contribution in [3.05, 3.63) is 59.7 Å². The predicted octanol–water partition coefficient (Wildman–Crippen LogP) is 3.39. The van der Waals surface area contributed by atoms with Crippen LogP contribution in [0.15, 0.2) is 42.7 Å². The van der Waals surface area contributed by atoms with Crippen LogP contribution in [0.25, 0.3) is 0 Å². The van der Waals surface area contributed by atoms with E-state index in [-0.39, 0.29) is 0 Å². The van der Waals surface area contributed by atoms with E-state index >= 15 is 0 Å². The highest BCUT2D eigenvalue weighted by Crippen LogP contribution is 2.28. The molecule has 1 atom stereocenters. The largest absolute Gasteiger partial charge is 0.377 e. The van der Waals surface area contributed by atoms with Gasteiger partial charge in [0.1, 0.15) is 6.61 Å². The first-order valence-electron chi connectivity index (χ1n) is 8.41. The zero-order valence-electron chi connectivity index (χ0n) is 13.8. The Balaban J connectivity index is 1.55. The summed E-state index contributed by atoms with van der Waals surface area (Å²) >= 11 is 0. The van der Waals surface area contributed by atoms with E-state index in [1.54, 1.807) is 7.11 Å². The molecule has 1 aliphatic rings. The molecule has 0 spiro atoms. The van der Waals surface area contributed by atoms with Gasteiger partial charge in [0.2, 0.25) is 0 Å². The molecule has 0 radical (unpaired) electrons. The third kappa shape index (κ3) is 4.60. The van der Waals surface area contributed by atoms with Gasteiger partial charge in [0, 0.05) is 31.6 Å². The summed E-state index contributed by atoms with van der Waals surface area (Å²) in [5, 5.41) is 0. The molecule has 3 rings (SSSR count). The molecule has 4 nitrogen and oxygen atoms in total. The monoisotopic (exact) mass is 311 g/mol. The van der Waals surface area contributed by atoms with Crippen molar-refractivity contribution in [2.75, 3.05) is 20.2 Å². The van der Waals surface area contributed by atoms with E-state index in [0.717, 1.165) is 25.5 Å².